The van der Waals surface area contributed by atoms with E-state index >= 15 is 0 Å². The summed E-state index contributed by atoms with van der Waals surface area (Å²) in [5.74, 6) is 0.362. The van der Waals surface area contributed by atoms with Crippen LogP contribution in [0.15, 0.2) is 126 Å². The van der Waals surface area contributed by atoms with Crippen LogP contribution in [0.3, 0.4) is 0 Å². The summed E-state index contributed by atoms with van der Waals surface area (Å²) in [6.45, 7) is 12.7. The molecule has 3 aromatic rings. The first-order valence-electron chi connectivity index (χ1n) is 19.1. The number of rotatable bonds is 17. The maximum absolute atomic E-state index is 13.7. The van der Waals surface area contributed by atoms with Gasteiger partial charge in [-0.25, -0.2) is 4.79 Å². The Kier molecular flexibility index (Phi) is 11.0. The van der Waals surface area contributed by atoms with Crippen molar-refractivity contribution in [2.45, 2.75) is 51.5 Å². The average Bonchev–Trinajstić information content (AvgIpc) is 4.06. The van der Waals surface area contributed by atoms with Gasteiger partial charge in [0.05, 0.1) is 44.2 Å². The zero-order valence-corrected chi connectivity index (χ0v) is 32.1. The van der Waals surface area contributed by atoms with Gasteiger partial charge in [0.15, 0.2) is 0 Å². The number of hydrogen-bond donors (Lipinski definition) is 1. The molecule has 3 heterocycles. The SMILES string of the molecule is C=C(C)C(=O)Oc1ccc([N+](=C2C=CC(=C3C(=O)C(c4ccc(N(c5ccc(OCC6CO6)cc5)C(C)OCC5CO5)cc4)=C3O)C=C2)C(C)OCC2CO2)cc1. The number of carbonyl (C=O) groups excluding carboxylic acids is 2. The van der Waals surface area contributed by atoms with Crippen LogP contribution in [-0.4, -0.2) is 97.6 Å². The molecule has 12 nitrogen and oxygen atoms in total. The van der Waals surface area contributed by atoms with Gasteiger partial charge < -0.3 is 43.2 Å². The van der Waals surface area contributed by atoms with E-state index in [9.17, 15) is 14.7 Å². The van der Waals surface area contributed by atoms with Crippen LogP contribution >= 0.6 is 0 Å². The molecule has 294 valence electrons. The van der Waals surface area contributed by atoms with Crippen molar-refractivity contribution in [1.29, 1.82) is 0 Å². The highest BCUT2D eigenvalue weighted by atomic mass is 16.6. The molecule has 3 aromatic carbocycles. The maximum Gasteiger partial charge on any atom is 0.338 e. The highest BCUT2D eigenvalue weighted by Crippen LogP contribution is 2.40. The minimum absolute atomic E-state index is 0.0523. The van der Waals surface area contributed by atoms with Crippen LogP contribution < -0.4 is 14.4 Å². The van der Waals surface area contributed by atoms with E-state index < -0.39 is 5.97 Å². The van der Waals surface area contributed by atoms with Crippen LogP contribution in [0.25, 0.3) is 5.57 Å². The number of carbonyl (C=O) groups is 2. The predicted octanol–water partition coefficient (Wildman–Crippen LogP) is 6.67. The van der Waals surface area contributed by atoms with E-state index in [0.29, 0.717) is 55.5 Å². The van der Waals surface area contributed by atoms with Crippen molar-refractivity contribution in [2.24, 2.45) is 0 Å². The fourth-order valence-corrected chi connectivity index (χ4v) is 6.55. The number of ether oxygens (including phenoxy) is 7. The van der Waals surface area contributed by atoms with Gasteiger partial charge in [0, 0.05) is 48.2 Å². The molecule has 2 aliphatic carbocycles. The number of allylic oxidation sites excluding steroid dienone is 7. The number of epoxide rings is 3. The topological polar surface area (TPSA) is 135 Å². The lowest BCUT2D eigenvalue weighted by atomic mass is 9.80. The van der Waals surface area contributed by atoms with Gasteiger partial charge in [0.2, 0.25) is 17.2 Å². The van der Waals surface area contributed by atoms with Crippen LogP contribution in [0.2, 0.25) is 0 Å². The van der Waals surface area contributed by atoms with Gasteiger partial charge in [0.1, 0.15) is 48.4 Å². The Hall–Kier alpha value is -5.63. The quantitative estimate of drug-likeness (QED) is 0.0394. The van der Waals surface area contributed by atoms with Crippen LogP contribution in [0, 0.1) is 0 Å². The maximum atomic E-state index is 13.7. The van der Waals surface area contributed by atoms with Crippen LogP contribution in [0.4, 0.5) is 17.1 Å². The number of aliphatic hydroxyl groups excluding tert-OH is 1. The second kappa shape index (κ2) is 16.5. The van der Waals surface area contributed by atoms with Gasteiger partial charge in [-0.2, -0.15) is 4.58 Å². The predicted molar refractivity (Wildman–Crippen MR) is 212 cm³/mol. The van der Waals surface area contributed by atoms with Gasteiger partial charge in [-0.15, -0.1) is 0 Å². The van der Waals surface area contributed by atoms with E-state index in [4.69, 9.17) is 33.2 Å². The molecule has 57 heavy (non-hydrogen) atoms. The molecule has 0 saturated carbocycles. The van der Waals surface area contributed by atoms with Crippen molar-refractivity contribution in [2.75, 3.05) is 44.5 Å². The molecule has 5 atom stereocenters. The third kappa shape index (κ3) is 9.01. The molecule has 3 aliphatic heterocycles. The van der Waals surface area contributed by atoms with E-state index in [1.165, 1.54) is 0 Å². The van der Waals surface area contributed by atoms with Gasteiger partial charge in [-0.05, 0) is 85.7 Å². The lowest BCUT2D eigenvalue weighted by Crippen LogP contribution is -2.32. The molecule has 8 rings (SSSR count). The molecule has 0 aromatic heterocycles. The average molecular weight is 774 g/mol. The molecule has 1 N–H and O–H groups in total. The first kappa shape index (κ1) is 38.3. The van der Waals surface area contributed by atoms with Crippen LogP contribution in [0.5, 0.6) is 11.5 Å². The lowest BCUT2D eigenvalue weighted by molar-refractivity contribution is -0.537. The van der Waals surface area contributed by atoms with Crippen molar-refractivity contribution in [3.05, 3.63) is 132 Å². The number of aliphatic hydroxyl groups is 1. The summed E-state index contributed by atoms with van der Waals surface area (Å²) in [7, 11) is 0. The monoisotopic (exact) mass is 773 g/mol. The molecular weight excluding hydrogens is 728 g/mol. The fraction of sp³-hybridized carbons (Fsp3) is 0.311. The highest BCUT2D eigenvalue weighted by molar-refractivity contribution is 6.39. The Balaban J connectivity index is 1.01. The summed E-state index contributed by atoms with van der Waals surface area (Å²) in [5, 5.41) is 11.3. The Morgan fingerprint density at radius 2 is 1.33 bits per heavy atom. The lowest BCUT2D eigenvalue weighted by Gasteiger charge is -2.32. The van der Waals surface area contributed by atoms with Crippen molar-refractivity contribution in [3.8, 4) is 11.5 Å². The summed E-state index contributed by atoms with van der Waals surface area (Å²) in [6.07, 6.45) is 7.04. The summed E-state index contributed by atoms with van der Waals surface area (Å²) >= 11 is 0. The standard InChI is InChI=1S/C45H44N2O10/c1-27(2)45(50)57-37-19-15-35(16-20-37)47(29(4)52-22-39-25-55-39)33-11-7-31(8-12-33)42-43(48)41(44(42)49)30-5-9-32(10-6-30)46(28(3)51-21-38-24-54-38)34-13-17-36(18-14-34)53-23-40-26-56-40/h5-20,28-29,38-40H,1,21-26H2,2-4H3/p+1. The molecule has 0 amide bonds. The number of benzene rings is 3. The molecule has 0 spiro atoms. The van der Waals surface area contributed by atoms with E-state index in [1.807, 2.05) is 103 Å². The Labute approximate surface area is 331 Å². The first-order valence-corrected chi connectivity index (χ1v) is 19.1. The van der Waals surface area contributed by atoms with Crippen LogP contribution in [0.1, 0.15) is 26.3 Å². The molecule has 5 aliphatic rings. The fourth-order valence-electron chi connectivity index (χ4n) is 6.55. The molecule has 0 bridgehead atoms. The summed E-state index contributed by atoms with van der Waals surface area (Å²) in [5.41, 5.74) is 5.38. The van der Waals surface area contributed by atoms with Crippen LogP contribution in [-0.2, 0) is 33.3 Å². The normalized spacial score (nSPS) is 21.5. The molecule has 3 fully saturated rings. The summed E-state index contributed by atoms with van der Waals surface area (Å²) < 4.78 is 41.5. The zero-order valence-electron chi connectivity index (χ0n) is 32.1. The molecule has 12 heteroatoms. The van der Waals surface area contributed by atoms with E-state index in [1.54, 1.807) is 19.1 Å². The molecular formula is C45H45N2O10+. The van der Waals surface area contributed by atoms with Crippen molar-refractivity contribution in [1.82, 2.24) is 0 Å². The van der Waals surface area contributed by atoms with Crippen molar-refractivity contribution < 1.29 is 52.4 Å². The minimum Gasteiger partial charge on any atom is -0.506 e. The molecule has 0 radical (unpaired) electrons. The van der Waals surface area contributed by atoms with E-state index in [-0.39, 0.29) is 53.5 Å². The third-order valence-corrected chi connectivity index (χ3v) is 10.0. The van der Waals surface area contributed by atoms with Gasteiger partial charge >= 0.3 is 5.97 Å². The molecule has 5 unspecified atom stereocenters. The summed E-state index contributed by atoms with van der Waals surface area (Å²) in [4.78, 5) is 27.8. The first-order chi connectivity index (χ1) is 27.6. The number of Topliss-reactive ketones (excluding diaryl/α,β-unsaturated/α-hetero) is 1. The largest absolute Gasteiger partial charge is 0.506 e. The number of esters is 1. The van der Waals surface area contributed by atoms with E-state index in [2.05, 4.69) is 11.5 Å². The second-order valence-corrected chi connectivity index (χ2v) is 14.5. The number of ketones is 1. The number of hydrogen-bond acceptors (Lipinski definition) is 11. The Morgan fingerprint density at radius 1 is 0.789 bits per heavy atom. The zero-order chi connectivity index (χ0) is 39.6. The third-order valence-electron chi connectivity index (χ3n) is 10.0. The van der Waals surface area contributed by atoms with Crippen molar-refractivity contribution in [3.63, 3.8) is 0 Å². The number of nitrogens with zero attached hydrogens (tertiary/aromatic N) is 2. The van der Waals surface area contributed by atoms with Gasteiger partial charge in [-0.3, -0.25) is 4.79 Å². The smallest absolute Gasteiger partial charge is 0.338 e. The van der Waals surface area contributed by atoms with E-state index in [0.717, 1.165) is 35.1 Å². The van der Waals surface area contributed by atoms with Crippen molar-refractivity contribution >= 4 is 40.1 Å². The Bertz CT molecular complexity index is 2170. The number of anilines is 2. The second-order valence-electron chi connectivity index (χ2n) is 14.5. The minimum atomic E-state index is -0.498. The Morgan fingerprint density at radius 3 is 1.89 bits per heavy atom. The molecule has 3 saturated heterocycles. The highest BCUT2D eigenvalue weighted by Gasteiger charge is 2.37. The van der Waals surface area contributed by atoms with Gasteiger partial charge in [0.25, 0.3) is 6.23 Å². The summed E-state index contributed by atoms with van der Waals surface area (Å²) in [6, 6.07) is 22.4. The van der Waals surface area contributed by atoms with Gasteiger partial charge in [-0.1, -0.05) is 18.7 Å².